The fourth-order valence-electron chi connectivity index (χ4n) is 3.10. The van der Waals surface area contributed by atoms with Crippen LogP contribution in [-0.2, 0) is 15.1 Å². The summed E-state index contributed by atoms with van der Waals surface area (Å²) in [5.74, 6) is -1.81. The van der Waals surface area contributed by atoms with Gasteiger partial charge in [-0.05, 0) is 49.2 Å². The van der Waals surface area contributed by atoms with Gasteiger partial charge in [0.05, 0.1) is 0 Å². The quantitative estimate of drug-likeness (QED) is 0.668. The molecule has 2 N–H and O–H groups in total. The Labute approximate surface area is 180 Å². The molecule has 164 valence electrons. The number of alkyl halides is 3. The van der Waals surface area contributed by atoms with Crippen molar-refractivity contribution in [2.45, 2.75) is 25.7 Å². The number of urea groups is 1. The number of carbonyl (C=O) groups excluding carboxylic acids is 3. The molecule has 0 aliphatic carbocycles. The summed E-state index contributed by atoms with van der Waals surface area (Å²) in [6.07, 6.45) is -4.85. The van der Waals surface area contributed by atoms with E-state index in [1.807, 2.05) is 0 Å². The summed E-state index contributed by atoms with van der Waals surface area (Å²) in [5, 5.41) is 5.52. The van der Waals surface area contributed by atoms with Gasteiger partial charge in [0.25, 0.3) is 5.91 Å². The minimum atomic E-state index is -4.85. The van der Waals surface area contributed by atoms with Gasteiger partial charge in [0.1, 0.15) is 17.8 Å². The van der Waals surface area contributed by atoms with Gasteiger partial charge in [0, 0.05) is 10.7 Å². The van der Waals surface area contributed by atoms with E-state index in [0.717, 1.165) is 17.0 Å². The van der Waals surface area contributed by atoms with Gasteiger partial charge >= 0.3 is 12.4 Å². The van der Waals surface area contributed by atoms with E-state index in [0.29, 0.717) is 16.3 Å². The van der Waals surface area contributed by atoms with E-state index in [9.17, 15) is 27.6 Å². The van der Waals surface area contributed by atoms with Crippen LogP contribution in [0.25, 0.3) is 0 Å². The fraction of sp³-hybridized carbons (Fsp3) is 0.250. The Balaban J connectivity index is 1.73. The molecular weight excluding hydrogens is 439 g/mol. The zero-order chi connectivity index (χ0) is 23.0. The van der Waals surface area contributed by atoms with E-state index in [4.69, 9.17) is 11.6 Å². The summed E-state index contributed by atoms with van der Waals surface area (Å²) in [4.78, 5) is 38.4. The highest BCUT2D eigenvalue weighted by Crippen LogP contribution is 2.31. The van der Waals surface area contributed by atoms with Crippen LogP contribution in [0.3, 0.4) is 0 Å². The molecule has 1 atom stereocenters. The first-order valence-electron chi connectivity index (χ1n) is 8.96. The Hall–Kier alpha value is -3.27. The summed E-state index contributed by atoms with van der Waals surface area (Å²) in [6.45, 7) is 2.54. The first-order chi connectivity index (χ1) is 14.4. The molecule has 2 aromatic rings. The van der Waals surface area contributed by atoms with Crippen molar-refractivity contribution in [3.63, 3.8) is 0 Å². The lowest BCUT2D eigenvalue weighted by Crippen LogP contribution is -2.42. The average molecular weight is 456 g/mol. The number of rotatable bonds is 5. The predicted molar refractivity (Wildman–Crippen MR) is 106 cm³/mol. The molecule has 1 saturated heterocycles. The van der Waals surface area contributed by atoms with E-state index < -0.39 is 42.0 Å². The zero-order valence-electron chi connectivity index (χ0n) is 16.3. The van der Waals surface area contributed by atoms with Crippen molar-refractivity contribution in [3.8, 4) is 5.75 Å². The maximum absolute atomic E-state index is 12.9. The average Bonchev–Trinajstić information content (AvgIpc) is 2.89. The third-order valence-corrected chi connectivity index (χ3v) is 5.19. The Morgan fingerprint density at radius 2 is 1.84 bits per heavy atom. The lowest BCUT2D eigenvalue weighted by molar-refractivity contribution is -0.274. The third-order valence-electron chi connectivity index (χ3n) is 4.78. The number of nitrogens with one attached hydrogen (secondary N) is 2. The molecule has 1 unspecified atom stereocenters. The van der Waals surface area contributed by atoms with Crippen molar-refractivity contribution >= 4 is 35.1 Å². The van der Waals surface area contributed by atoms with Crippen LogP contribution < -0.4 is 15.4 Å². The Kier molecular flexibility index (Phi) is 5.86. The van der Waals surface area contributed by atoms with E-state index in [1.54, 1.807) is 25.1 Å². The number of hydrogen-bond acceptors (Lipinski definition) is 4. The first-order valence-corrected chi connectivity index (χ1v) is 9.34. The van der Waals surface area contributed by atoms with Gasteiger partial charge in [0.2, 0.25) is 5.91 Å². The Bertz CT molecular complexity index is 1040. The van der Waals surface area contributed by atoms with Crippen LogP contribution in [-0.4, -0.2) is 35.7 Å². The number of halogens is 4. The number of carbonyl (C=O) groups is 3. The van der Waals surface area contributed by atoms with Gasteiger partial charge < -0.3 is 15.4 Å². The topological polar surface area (TPSA) is 87.7 Å². The molecule has 4 amide bonds. The molecule has 0 aromatic heterocycles. The van der Waals surface area contributed by atoms with Gasteiger partial charge in [-0.15, -0.1) is 13.2 Å². The molecule has 31 heavy (non-hydrogen) atoms. The minimum absolute atomic E-state index is 0.231. The summed E-state index contributed by atoms with van der Waals surface area (Å²) in [6, 6.07) is 8.65. The maximum atomic E-state index is 12.9. The molecule has 1 heterocycles. The number of benzene rings is 2. The third kappa shape index (κ3) is 4.74. The van der Waals surface area contributed by atoms with Crippen LogP contribution >= 0.6 is 11.6 Å². The van der Waals surface area contributed by atoms with Crippen molar-refractivity contribution in [1.82, 2.24) is 10.2 Å². The summed E-state index contributed by atoms with van der Waals surface area (Å²) >= 11 is 6.01. The summed E-state index contributed by atoms with van der Waals surface area (Å²) in [5.41, 5.74) is -0.262. The highest BCUT2D eigenvalue weighted by Gasteiger charge is 2.49. The second kappa shape index (κ2) is 8.10. The van der Waals surface area contributed by atoms with Crippen molar-refractivity contribution in [3.05, 3.63) is 58.6 Å². The Morgan fingerprint density at radius 3 is 2.45 bits per heavy atom. The van der Waals surface area contributed by atoms with E-state index in [1.165, 1.54) is 19.1 Å². The van der Waals surface area contributed by atoms with Crippen LogP contribution in [0.15, 0.2) is 42.5 Å². The number of anilines is 1. The molecule has 2 aromatic carbocycles. The van der Waals surface area contributed by atoms with Gasteiger partial charge in [0.15, 0.2) is 0 Å². The number of amides is 4. The summed E-state index contributed by atoms with van der Waals surface area (Å²) in [7, 11) is 0. The number of ether oxygens (including phenoxy) is 1. The van der Waals surface area contributed by atoms with Crippen LogP contribution in [0.4, 0.5) is 23.7 Å². The van der Waals surface area contributed by atoms with Gasteiger partial charge in [-0.1, -0.05) is 29.8 Å². The zero-order valence-corrected chi connectivity index (χ0v) is 17.1. The number of imide groups is 1. The van der Waals surface area contributed by atoms with Crippen molar-refractivity contribution in [2.75, 3.05) is 11.9 Å². The molecule has 1 aliphatic heterocycles. The minimum Gasteiger partial charge on any atom is -0.406 e. The summed E-state index contributed by atoms with van der Waals surface area (Å²) < 4.78 is 40.8. The van der Waals surface area contributed by atoms with Crippen LogP contribution in [0.1, 0.15) is 18.1 Å². The first kappa shape index (κ1) is 22.4. The van der Waals surface area contributed by atoms with E-state index >= 15 is 0 Å². The SMILES string of the molecule is Cc1c(Cl)cccc1NC(=O)CN1C(=O)NC(C)(c2ccc(OC(F)(F)F)cc2)C1=O. The highest BCUT2D eigenvalue weighted by molar-refractivity contribution is 6.31. The van der Waals surface area contributed by atoms with Crippen molar-refractivity contribution < 1.29 is 32.3 Å². The molecule has 0 bridgehead atoms. The molecule has 0 radical (unpaired) electrons. The normalized spacial score (nSPS) is 18.7. The second-order valence-electron chi connectivity index (χ2n) is 6.98. The highest BCUT2D eigenvalue weighted by atomic mass is 35.5. The Morgan fingerprint density at radius 1 is 1.19 bits per heavy atom. The van der Waals surface area contributed by atoms with Gasteiger partial charge in [-0.3, -0.25) is 14.5 Å². The number of hydrogen-bond donors (Lipinski definition) is 2. The molecule has 11 heteroatoms. The van der Waals surface area contributed by atoms with Crippen LogP contribution in [0.5, 0.6) is 5.75 Å². The molecule has 1 fully saturated rings. The fourth-order valence-corrected chi connectivity index (χ4v) is 3.28. The smallest absolute Gasteiger partial charge is 0.406 e. The van der Waals surface area contributed by atoms with Crippen LogP contribution in [0, 0.1) is 6.92 Å². The van der Waals surface area contributed by atoms with Gasteiger partial charge in [-0.2, -0.15) is 0 Å². The molecule has 7 nitrogen and oxygen atoms in total. The van der Waals surface area contributed by atoms with Crippen molar-refractivity contribution in [1.29, 1.82) is 0 Å². The largest absolute Gasteiger partial charge is 0.573 e. The van der Waals surface area contributed by atoms with Gasteiger partial charge in [-0.25, -0.2) is 4.79 Å². The predicted octanol–water partition coefficient (Wildman–Crippen LogP) is 3.95. The molecule has 0 spiro atoms. The maximum Gasteiger partial charge on any atom is 0.573 e. The molecule has 3 rings (SSSR count). The molecule has 0 saturated carbocycles. The van der Waals surface area contributed by atoms with E-state index in [-0.39, 0.29) is 5.56 Å². The molecular formula is C20H17ClF3N3O4. The lowest BCUT2D eigenvalue weighted by atomic mass is 9.92. The standard InChI is InChI=1S/C20H17ClF3N3O4/c1-11-14(21)4-3-5-15(11)25-16(28)10-27-17(29)19(2,26-18(27)30)12-6-8-13(9-7-12)31-20(22,23)24/h3-9H,10H2,1-2H3,(H,25,28)(H,26,30). The van der Waals surface area contributed by atoms with Crippen molar-refractivity contribution in [2.24, 2.45) is 0 Å². The lowest BCUT2D eigenvalue weighted by Gasteiger charge is -2.22. The number of nitrogens with zero attached hydrogens (tertiary/aromatic N) is 1. The molecule has 1 aliphatic rings. The monoisotopic (exact) mass is 455 g/mol. The van der Waals surface area contributed by atoms with Crippen LogP contribution in [0.2, 0.25) is 5.02 Å². The second-order valence-corrected chi connectivity index (χ2v) is 7.39. The van der Waals surface area contributed by atoms with E-state index in [2.05, 4.69) is 15.4 Å².